The van der Waals surface area contributed by atoms with E-state index in [0.717, 1.165) is 18.4 Å². The third kappa shape index (κ3) is 3.54. The molecule has 1 aliphatic heterocycles. The molecule has 1 saturated carbocycles. The molecule has 5 heteroatoms. The van der Waals surface area contributed by atoms with Crippen molar-refractivity contribution < 1.29 is 14.4 Å². The molecule has 128 valence electrons. The number of nitrogens with zero attached hydrogens (tertiary/aromatic N) is 2. The molecule has 1 aromatic rings. The third-order valence-corrected chi connectivity index (χ3v) is 5.10. The summed E-state index contributed by atoms with van der Waals surface area (Å²) < 4.78 is 5.77. The van der Waals surface area contributed by atoms with Crippen LogP contribution in [0, 0.1) is 29.1 Å². The minimum absolute atomic E-state index is 0.0351. The van der Waals surface area contributed by atoms with Crippen LogP contribution in [0.5, 0.6) is 0 Å². The van der Waals surface area contributed by atoms with Crippen molar-refractivity contribution in [2.75, 3.05) is 0 Å². The van der Waals surface area contributed by atoms with E-state index < -0.39 is 12.3 Å². The van der Waals surface area contributed by atoms with Crippen molar-refractivity contribution in [2.45, 2.75) is 52.4 Å². The van der Waals surface area contributed by atoms with E-state index >= 15 is 0 Å². The van der Waals surface area contributed by atoms with E-state index in [9.17, 15) is 4.79 Å². The smallest absolute Gasteiger partial charge is 0.437 e. The molecule has 0 radical (unpaired) electrons. The maximum Gasteiger partial charge on any atom is 0.437 e. The fourth-order valence-corrected chi connectivity index (χ4v) is 3.57. The number of carbonyl (C=O) groups is 1. The molecule has 2 fully saturated rings. The molecule has 1 amide bonds. The fraction of sp³-hybridized carbons (Fsp3) is 0.579. The van der Waals surface area contributed by atoms with Gasteiger partial charge in [0.15, 0.2) is 0 Å². The van der Waals surface area contributed by atoms with Crippen LogP contribution < -0.4 is 0 Å². The Kier molecular flexibility index (Phi) is 4.77. The molecular formula is C19H24N2O3. The fourth-order valence-electron chi connectivity index (χ4n) is 3.57. The summed E-state index contributed by atoms with van der Waals surface area (Å²) in [7, 11) is 0. The van der Waals surface area contributed by atoms with Gasteiger partial charge in [-0.25, -0.2) is 9.63 Å². The summed E-state index contributed by atoms with van der Waals surface area (Å²) in [5.41, 5.74) is 1.44. The zero-order valence-electron chi connectivity index (χ0n) is 14.4. The van der Waals surface area contributed by atoms with Crippen LogP contribution in [0.4, 0.5) is 4.79 Å². The first kappa shape index (κ1) is 16.8. The lowest BCUT2D eigenvalue weighted by molar-refractivity contribution is -0.0123. The standard InChI is InChI=1S/C19H24N2O3/c1-12(2)16-9-4-13(3)10-17(16)23-19(22)21-18(24-21)15-7-5-14(11-20)6-8-15/h5-8,12-13,16-18H,4,9-10H2,1-3H3/t13-,16+,17-,18+,21?/m1/s1. The molecular weight excluding hydrogens is 304 g/mol. The van der Waals surface area contributed by atoms with Crippen LogP contribution in [0.3, 0.4) is 0 Å². The second-order valence-electron chi connectivity index (χ2n) is 7.27. The number of ether oxygens (including phenoxy) is 1. The van der Waals surface area contributed by atoms with Crippen molar-refractivity contribution in [1.82, 2.24) is 5.06 Å². The van der Waals surface area contributed by atoms with Crippen molar-refractivity contribution in [3.05, 3.63) is 35.4 Å². The largest absolute Gasteiger partial charge is 0.444 e. The maximum absolute atomic E-state index is 12.4. The van der Waals surface area contributed by atoms with Crippen molar-refractivity contribution in [2.24, 2.45) is 17.8 Å². The summed E-state index contributed by atoms with van der Waals surface area (Å²) in [4.78, 5) is 17.8. The van der Waals surface area contributed by atoms with Gasteiger partial charge >= 0.3 is 6.09 Å². The van der Waals surface area contributed by atoms with Gasteiger partial charge in [-0.3, -0.25) is 0 Å². The van der Waals surface area contributed by atoms with E-state index in [1.165, 1.54) is 11.5 Å². The molecule has 0 N–H and O–H groups in total. The zero-order chi connectivity index (χ0) is 17.3. The summed E-state index contributed by atoms with van der Waals surface area (Å²) in [6.45, 7) is 6.59. The number of rotatable bonds is 3. The summed E-state index contributed by atoms with van der Waals surface area (Å²) in [6, 6.07) is 9.12. The van der Waals surface area contributed by atoms with Crippen molar-refractivity contribution in [1.29, 1.82) is 5.26 Å². The third-order valence-electron chi connectivity index (χ3n) is 5.10. The minimum atomic E-state index is -0.408. The van der Waals surface area contributed by atoms with Crippen molar-refractivity contribution in [3.63, 3.8) is 0 Å². The Balaban J connectivity index is 1.60. The van der Waals surface area contributed by atoms with Crippen LogP contribution in [0.25, 0.3) is 0 Å². The predicted octanol–water partition coefficient (Wildman–Crippen LogP) is 4.40. The van der Waals surface area contributed by atoms with Gasteiger partial charge in [-0.1, -0.05) is 39.3 Å². The van der Waals surface area contributed by atoms with Crippen LogP contribution in [0.1, 0.15) is 57.4 Å². The quantitative estimate of drug-likeness (QED) is 0.771. The molecule has 3 rings (SSSR count). The van der Waals surface area contributed by atoms with Gasteiger partial charge < -0.3 is 4.74 Å². The van der Waals surface area contributed by atoms with E-state index in [-0.39, 0.29) is 6.10 Å². The molecule has 5 nitrogen and oxygen atoms in total. The number of hydroxylamine groups is 2. The molecule has 0 unspecified atom stereocenters. The number of hydrogen-bond donors (Lipinski definition) is 0. The number of amides is 1. The SMILES string of the molecule is CC(C)[C@@H]1CC[C@@H](C)C[C@H]1OC(=O)N1O[C@H]1c1ccc(C#N)cc1. The Morgan fingerprint density at radius 2 is 2.04 bits per heavy atom. The Morgan fingerprint density at radius 1 is 1.33 bits per heavy atom. The highest BCUT2D eigenvalue weighted by atomic mass is 16.9. The zero-order valence-corrected chi connectivity index (χ0v) is 14.4. The van der Waals surface area contributed by atoms with Gasteiger partial charge in [0.05, 0.1) is 11.6 Å². The lowest BCUT2D eigenvalue weighted by atomic mass is 9.75. The van der Waals surface area contributed by atoms with Crippen LogP contribution in [0.15, 0.2) is 24.3 Å². The number of carbonyl (C=O) groups excluding carboxylic acids is 1. The van der Waals surface area contributed by atoms with Crippen molar-refractivity contribution >= 4 is 6.09 Å². The van der Waals surface area contributed by atoms with Crippen LogP contribution in [-0.4, -0.2) is 17.3 Å². The molecule has 1 heterocycles. The monoisotopic (exact) mass is 328 g/mol. The van der Waals surface area contributed by atoms with Crippen LogP contribution >= 0.6 is 0 Å². The molecule has 24 heavy (non-hydrogen) atoms. The number of benzene rings is 1. The van der Waals surface area contributed by atoms with E-state index in [1.54, 1.807) is 24.3 Å². The lowest BCUT2D eigenvalue weighted by Gasteiger charge is -2.36. The molecule has 4 atom stereocenters. The molecule has 1 aliphatic carbocycles. The number of hydrogen-bond acceptors (Lipinski definition) is 4. The topological polar surface area (TPSA) is 65.6 Å². The Bertz CT molecular complexity index is 635. The molecule has 0 spiro atoms. The maximum atomic E-state index is 12.4. The molecule has 0 aromatic heterocycles. The highest BCUT2D eigenvalue weighted by molar-refractivity contribution is 5.69. The molecule has 2 aliphatic rings. The Labute approximate surface area is 143 Å². The average Bonchev–Trinajstić information content (AvgIpc) is 3.35. The van der Waals surface area contributed by atoms with Crippen molar-refractivity contribution in [3.8, 4) is 6.07 Å². The van der Waals surface area contributed by atoms with E-state index in [4.69, 9.17) is 14.8 Å². The molecule has 1 aromatic carbocycles. The first-order valence-corrected chi connectivity index (χ1v) is 8.66. The summed E-state index contributed by atoms with van der Waals surface area (Å²) >= 11 is 0. The van der Waals surface area contributed by atoms with Gasteiger partial charge in [0, 0.05) is 5.56 Å². The minimum Gasteiger partial charge on any atom is -0.444 e. The van der Waals surface area contributed by atoms with E-state index in [0.29, 0.717) is 23.3 Å². The highest BCUT2D eigenvalue weighted by Crippen LogP contribution is 2.40. The van der Waals surface area contributed by atoms with Gasteiger partial charge in [-0.15, -0.1) is 5.06 Å². The Hall–Kier alpha value is -2.06. The molecule has 1 saturated heterocycles. The van der Waals surface area contributed by atoms with Gasteiger partial charge in [0.25, 0.3) is 0 Å². The van der Waals surface area contributed by atoms with E-state index in [2.05, 4.69) is 26.8 Å². The summed E-state index contributed by atoms with van der Waals surface area (Å²) in [5.74, 6) is 1.50. The summed E-state index contributed by atoms with van der Waals surface area (Å²) in [6.07, 6.45) is 2.39. The van der Waals surface area contributed by atoms with Gasteiger partial charge in [-0.05, 0) is 42.7 Å². The normalized spacial score (nSPS) is 29.2. The van der Waals surface area contributed by atoms with E-state index in [1.807, 2.05) is 0 Å². The lowest BCUT2D eigenvalue weighted by Crippen LogP contribution is -2.36. The predicted molar refractivity (Wildman–Crippen MR) is 88.4 cm³/mol. The first-order chi connectivity index (χ1) is 11.5. The van der Waals surface area contributed by atoms with Crippen LogP contribution in [0.2, 0.25) is 0 Å². The van der Waals surface area contributed by atoms with Gasteiger partial charge in [-0.2, -0.15) is 5.26 Å². The number of nitriles is 1. The van der Waals surface area contributed by atoms with Gasteiger partial charge in [0.1, 0.15) is 6.10 Å². The second kappa shape index (κ2) is 6.82. The Morgan fingerprint density at radius 3 is 2.67 bits per heavy atom. The summed E-state index contributed by atoms with van der Waals surface area (Å²) in [5, 5.41) is 10.1. The van der Waals surface area contributed by atoms with Gasteiger partial charge in [0.2, 0.25) is 6.23 Å². The van der Waals surface area contributed by atoms with Crippen LogP contribution in [-0.2, 0) is 9.57 Å². The highest BCUT2D eigenvalue weighted by Gasteiger charge is 2.46. The molecule has 0 bridgehead atoms. The first-order valence-electron chi connectivity index (χ1n) is 8.66. The average molecular weight is 328 g/mol. The second-order valence-corrected chi connectivity index (χ2v) is 7.27.